The van der Waals surface area contributed by atoms with Crippen molar-refractivity contribution in [3.63, 3.8) is 0 Å². The molecule has 114 valence electrons. The molecule has 4 nitrogen and oxygen atoms in total. The van der Waals surface area contributed by atoms with Crippen molar-refractivity contribution in [3.8, 4) is 0 Å². The molecule has 2 bridgehead atoms. The Balaban J connectivity index is 1.74. The fraction of sp³-hybridized carbons (Fsp3) is 0.588. The molecule has 0 aromatic heterocycles. The maximum Gasteiger partial charge on any atom is 0.249 e. The molecule has 21 heavy (non-hydrogen) atoms. The molecule has 3 N–H and O–H groups in total. The van der Waals surface area contributed by atoms with Crippen LogP contribution in [0.25, 0.3) is 0 Å². The summed E-state index contributed by atoms with van der Waals surface area (Å²) >= 11 is 0. The van der Waals surface area contributed by atoms with Crippen molar-refractivity contribution in [1.29, 1.82) is 0 Å². The topological polar surface area (TPSA) is 58.4 Å². The molecular weight excluding hydrogens is 262 g/mol. The highest BCUT2D eigenvalue weighted by atomic mass is 16.1. The number of rotatable bonds is 5. The first-order valence-electron chi connectivity index (χ1n) is 8.05. The number of hydrogen-bond donors (Lipinski definition) is 2. The van der Waals surface area contributed by atoms with Gasteiger partial charge in [0.1, 0.15) is 0 Å². The van der Waals surface area contributed by atoms with E-state index in [2.05, 4.69) is 17.1 Å². The average Bonchev–Trinajstić information content (AvgIpc) is 2.83. The Hall–Kier alpha value is -1.39. The lowest BCUT2D eigenvalue weighted by Gasteiger charge is -2.37. The highest BCUT2D eigenvalue weighted by Crippen LogP contribution is 2.30. The minimum absolute atomic E-state index is 0.327. The van der Waals surface area contributed by atoms with E-state index >= 15 is 0 Å². The van der Waals surface area contributed by atoms with Crippen LogP contribution in [0.5, 0.6) is 0 Å². The Morgan fingerprint density at radius 1 is 1.29 bits per heavy atom. The second kappa shape index (κ2) is 6.16. The monoisotopic (exact) mass is 287 g/mol. The summed E-state index contributed by atoms with van der Waals surface area (Å²) < 4.78 is 0. The molecule has 1 aromatic carbocycles. The molecule has 2 heterocycles. The summed E-state index contributed by atoms with van der Waals surface area (Å²) in [5.41, 5.74) is 7.21. The van der Waals surface area contributed by atoms with E-state index in [-0.39, 0.29) is 5.91 Å². The highest BCUT2D eigenvalue weighted by Gasteiger charge is 2.35. The lowest BCUT2D eigenvalue weighted by molar-refractivity contribution is 0.0995. The van der Waals surface area contributed by atoms with Gasteiger partial charge in [0.2, 0.25) is 5.91 Å². The van der Waals surface area contributed by atoms with E-state index in [1.54, 1.807) is 0 Å². The van der Waals surface area contributed by atoms with Crippen LogP contribution in [0, 0.1) is 0 Å². The predicted octanol–water partition coefficient (Wildman–Crippen LogP) is 1.89. The third kappa shape index (κ3) is 3.11. The van der Waals surface area contributed by atoms with E-state index in [1.165, 1.54) is 25.7 Å². The minimum Gasteiger partial charge on any atom is -0.366 e. The van der Waals surface area contributed by atoms with Gasteiger partial charge in [-0.15, -0.1) is 0 Å². The highest BCUT2D eigenvalue weighted by molar-refractivity contribution is 5.94. The second-order valence-electron chi connectivity index (χ2n) is 6.35. The number of nitrogens with two attached hydrogens (primary N) is 1. The number of benzene rings is 1. The maximum atomic E-state index is 11.6. The van der Waals surface area contributed by atoms with E-state index < -0.39 is 0 Å². The minimum atomic E-state index is -0.327. The number of amides is 1. The standard InChI is InChI=1S/C17H25N3O/c1-2-20(15-9-13-7-8-14(10-15)19-13)11-12-5-3-4-6-16(12)17(18)21/h3-6,13-15,19H,2,7-11H2,1H3,(H2,18,21). The Bertz CT molecular complexity index is 505. The largest absolute Gasteiger partial charge is 0.366 e. The number of primary amides is 1. The molecule has 2 fully saturated rings. The summed E-state index contributed by atoms with van der Waals surface area (Å²) in [4.78, 5) is 14.1. The molecule has 2 atom stereocenters. The summed E-state index contributed by atoms with van der Waals surface area (Å²) in [6.45, 7) is 4.04. The summed E-state index contributed by atoms with van der Waals surface area (Å²) in [7, 11) is 0. The number of carbonyl (C=O) groups excluding carboxylic acids is 1. The van der Waals surface area contributed by atoms with Crippen LogP contribution in [0.4, 0.5) is 0 Å². The third-order valence-electron chi connectivity index (χ3n) is 5.03. The normalized spacial score (nSPS) is 28.0. The predicted molar refractivity (Wildman–Crippen MR) is 84.0 cm³/mol. The average molecular weight is 287 g/mol. The zero-order valence-corrected chi connectivity index (χ0v) is 12.7. The van der Waals surface area contributed by atoms with Gasteiger partial charge in [-0.1, -0.05) is 25.1 Å². The maximum absolute atomic E-state index is 11.6. The van der Waals surface area contributed by atoms with Gasteiger partial charge < -0.3 is 11.1 Å². The van der Waals surface area contributed by atoms with Crippen LogP contribution in [-0.2, 0) is 6.54 Å². The number of piperidine rings is 1. The Kier molecular flexibility index (Phi) is 4.27. The Morgan fingerprint density at radius 3 is 2.57 bits per heavy atom. The molecule has 1 amide bonds. The molecule has 0 spiro atoms. The number of carbonyl (C=O) groups is 1. The van der Waals surface area contributed by atoms with Gasteiger partial charge in [-0.25, -0.2) is 0 Å². The molecule has 2 unspecified atom stereocenters. The van der Waals surface area contributed by atoms with E-state index in [1.807, 2.05) is 24.3 Å². The summed E-state index contributed by atoms with van der Waals surface area (Å²) in [6, 6.07) is 9.72. The zero-order chi connectivity index (χ0) is 14.8. The van der Waals surface area contributed by atoms with E-state index in [0.29, 0.717) is 23.7 Å². The zero-order valence-electron chi connectivity index (χ0n) is 12.7. The second-order valence-corrected chi connectivity index (χ2v) is 6.35. The van der Waals surface area contributed by atoms with Gasteiger partial charge >= 0.3 is 0 Å². The van der Waals surface area contributed by atoms with Gasteiger partial charge in [-0.3, -0.25) is 9.69 Å². The van der Waals surface area contributed by atoms with Crippen molar-refractivity contribution in [1.82, 2.24) is 10.2 Å². The molecule has 0 radical (unpaired) electrons. The quantitative estimate of drug-likeness (QED) is 0.869. The van der Waals surface area contributed by atoms with Gasteiger partial charge in [-0.05, 0) is 43.9 Å². The van der Waals surface area contributed by atoms with Crippen molar-refractivity contribution in [2.45, 2.75) is 57.3 Å². The van der Waals surface area contributed by atoms with Gasteiger partial charge in [0.05, 0.1) is 0 Å². The first kappa shape index (κ1) is 14.5. The molecular formula is C17H25N3O. The van der Waals surface area contributed by atoms with Gasteiger partial charge in [0, 0.05) is 30.2 Å². The summed E-state index contributed by atoms with van der Waals surface area (Å²) in [5, 5.41) is 3.69. The molecule has 2 aliphatic rings. The molecule has 4 heteroatoms. The van der Waals surface area contributed by atoms with Gasteiger partial charge in [-0.2, -0.15) is 0 Å². The van der Waals surface area contributed by atoms with Gasteiger partial charge in [0.15, 0.2) is 0 Å². The van der Waals surface area contributed by atoms with Crippen molar-refractivity contribution in [2.75, 3.05) is 6.54 Å². The number of hydrogen-bond acceptors (Lipinski definition) is 3. The molecule has 0 aliphatic carbocycles. The summed E-state index contributed by atoms with van der Waals surface area (Å²) in [5.74, 6) is -0.327. The Morgan fingerprint density at radius 2 is 1.95 bits per heavy atom. The molecule has 0 saturated carbocycles. The number of nitrogens with zero attached hydrogens (tertiary/aromatic N) is 1. The van der Waals surface area contributed by atoms with E-state index in [0.717, 1.165) is 18.7 Å². The van der Waals surface area contributed by atoms with Crippen LogP contribution < -0.4 is 11.1 Å². The van der Waals surface area contributed by atoms with E-state index in [9.17, 15) is 4.79 Å². The van der Waals surface area contributed by atoms with Crippen molar-refractivity contribution < 1.29 is 4.79 Å². The molecule has 3 rings (SSSR count). The van der Waals surface area contributed by atoms with Crippen LogP contribution in [0.3, 0.4) is 0 Å². The first-order chi connectivity index (χ1) is 10.2. The fourth-order valence-corrected chi connectivity index (χ4v) is 3.94. The van der Waals surface area contributed by atoms with Gasteiger partial charge in [0.25, 0.3) is 0 Å². The number of fused-ring (bicyclic) bond motifs is 2. The lowest BCUT2D eigenvalue weighted by Crippen LogP contribution is -2.48. The molecule has 2 saturated heterocycles. The number of nitrogens with one attached hydrogen (secondary N) is 1. The van der Waals surface area contributed by atoms with Crippen molar-refractivity contribution >= 4 is 5.91 Å². The molecule has 1 aromatic rings. The fourth-order valence-electron chi connectivity index (χ4n) is 3.94. The third-order valence-corrected chi connectivity index (χ3v) is 5.03. The van der Waals surface area contributed by atoms with E-state index in [4.69, 9.17) is 5.73 Å². The SMILES string of the molecule is CCN(Cc1ccccc1C(N)=O)C1CC2CCC(C1)N2. The molecule has 2 aliphatic heterocycles. The van der Waals surface area contributed by atoms with Crippen LogP contribution in [-0.4, -0.2) is 35.5 Å². The van der Waals surface area contributed by atoms with Crippen molar-refractivity contribution in [3.05, 3.63) is 35.4 Å². The van der Waals surface area contributed by atoms with Crippen LogP contribution in [0.1, 0.15) is 48.5 Å². The Labute approximate surface area is 126 Å². The van der Waals surface area contributed by atoms with Crippen molar-refractivity contribution in [2.24, 2.45) is 5.73 Å². The van der Waals surface area contributed by atoms with Crippen LogP contribution in [0.15, 0.2) is 24.3 Å². The van der Waals surface area contributed by atoms with Crippen LogP contribution >= 0.6 is 0 Å². The lowest BCUT2D eigenvalue weighted by atomic mass is 9.97. The first-order valence-corrected chi connectivity index (χ1v) is 8.05. The summed E-state index contributed by atoms with van der Waals surface area (Å²) in [6.07, 6.45) is 5.08. The smallest absolute Gasteiger partial charge is 0.249 e. The van der Waals surface area contributed by atoms with Crippen LogP contribution in [0.2, 0.25) is 0 Å².